The summed E-state index contributed by atoms with van der Waals surface area (Å²) in [7, 11) is 0. The van der Waals surface area contributed by atoms with E-state index in [0.29, 0.717) is 6.42 Å². The largest absolute Gasteiger partial charge is 0.396 e. The summed E-state index contributed by atoms with van der Waals surface area (Å²) >= 11 is 3.47. The summed E-state index contributed by atoms with van der Waals surface area (Å²) < 4.78 is 1.11. The van der Waals surface area contributed by atoms with Crippen molar-refractivity contribution in [2.24, 2.45) is 0 Å². The number of benzene rings is 1. The van der Waals surface area contributed by atoms with Crippen LogP contribution in [0.1, 0.15) is 12.0 Å². The van der Waals surface area contributed by atoms with Crippen LogP contribution in [-0.4, -0.2) is 11.7 Å². The van der Waals surface area contributed by atoms with Gasteiger partial charge in [0, 0.05) is 11.1 Å². The molecule has 0 atom stereocenters. The van der Waals surface area contributed by atoms with Crippen LogP contribution >= 0.6 is 15.9 Å². The summed E-state index contributed by atoms with van der Waals surface area (Å²) in [6.07, 6.45) is 1.52. The van der Waals surface area contributed by atoms with Gasteiger partial charge in [-0.1, -0.05) is 46.3 Å². The molecule has 1 aromatic carbocycles. The summed E-state index contributed by atoms with van der Waals surface area (Å²) in [5, 5.41) is 8.71. The van der Waals surface area contributed by atoms with E-state index in [1.807, 2.05) is 18.2 Å². The van der Waals surface area contributed by atoms with Gasteiger partial charge in [0.2, 0.25) is 0 Å². The molecule has 0 aliphatic carbocycles. The average Bonchev–Trinajstić information content (AvgIpc) is 2.09. The van der Waals surface area contributed by atoms with Gasteiger partial charge in [0.15, 0.2) is 0 Å². The van der Waals surface area contributed by atoms with Crippen molar-refractivity contribution in [3.8, 4) is 0 Å². The number of rotatable bonds is 4. The molecule has 0 aliphatic rings. The van der Waals surface area contributed by atoms with Crippen LogP contribution in [0.15, 0.2) is 40.9 Å². The Balaban J connectivity index is 2.63. The SMILES string of the molecule is C=C(CCO)Cc1ccccc1Br. The van der Waals surface area contributed by atoms with Crippen molar-refractivity contribution in [1.82, 2.24) is 0 Å². The highest BCUT2D eigenvalue weighted by atomic mass is 79.9. The molecule has 0 aliphatic heterocycles. The second kappa shape index (κ2) is 5.20. The summed E-state index contributed by atoms with van der Waals surface area (Å²) in [6, 6.07) is 8.07. The molecule has 0 heterocycles. The molecular formula is C11H13BrO. The average molecular weight is 241 g/mol. The zero-order valence-electron chi connectivity index (χ0n) is 7.46. The lowest BCUT2D eigenvalue weighted by atomic mass is 10.0. The smallest absolute Gasteiger partial charge is 0.0468 e. The van der Waals surface area contributed by atoms with Crippen LogP contribution < -0.4 is 0 Å². The third-order valence-electron chi connectivity index (χ3n) is 1.86. The summed E-state index contributed by atoms with van der Waals surface area (Å²) in [5.41, 5.74) is 2.29. The quantitative estimate of drug-likeness (QED) is 0.803. The van der Waals surface area contributed by atoms with Gasteiger partial charge in [-0.25, -0.2) is 0 Å². The third-order valence-corrected chi connectivity index (χ3v) is 2.64. The summed E-state index contributed by atoms with van der Waals surface area (Å²) in [6.45, 7) is 4.08. The molecule has 0 unspecified atom stereocenters. The Morgan fingerprint density at radius 1 is 1.38 bits per heavy atom. The van der Waals surface area contributed by atoms with Gasteiger partial charge in [-0.15, -0.1) is 0 Å². The fourth-order valence-corrected chi connectivity index (χ4v) is 1.58. The number of aliphatic hydroxyl groups is 1. The minimum atomic E-state index is 0.184. The van der Waals surface area contributed by atoms with E-state index in [1.165, 1.54) is 5.56 Å². The molecule has 2 heteroatoms. The molecule has 13 heavy (non-hydrogen) atoms. The minimum Gasteiger partial charge on any atom is -0.396 e. The number of aliphatic hydroxyl groups excluding tert-OH is 1. The van der Waals surface area contributed by atoms with Crippen LogP contribution in [0.4, 0.5) is 0 Å². The molecule has 0 fully saturated rings. The number of hydrogen-bond donors (Lipinski definition) is 1. The van der Waals surface area contributed by atoms with Crippen LogP contribution in [0.3, 0.4) is 0 Å². The van der Waals surface area contributed by atoms with Crippen molar-refractivity contribution in [1.29, 1.82) is 0 Å². The van der Waals surface area contributed by atoms with Gasteiger partial charge in [0.1, 0.15) is 0 Å². The number of hydrogen-bond acceptors (Lipinski definition) is 1. The van der Waals surface area contributed by atoms with Gasteiger partial charge in [-0.05, 0) is 24.5 Å². The van der Waals surface area contributed by atoms with Crippen molar-refractivity contribution < 1.29 is 5.11 Å². The van der Waals surface area contributed by atoms with Gasteiger partial charge < -0.3 is 5.11 Å². The third kappa shape index (κ3) is 3.33. The molecule has 1 N–H and O–H groups in total. The second-order valence-corrected chi connectivity index (χ2v) is 3.85. The first kappa shape index (κ1) is 10.5. The van der Waals surface area contributed by atoms with Gasteiger partial charge in [0.05, 0.1) is 0 Å². The van der Waals surface area contributed by atoms with Crippen molar-refractivity contribution in [2.45, 2.75) is 12.8 Å². The summed E-state index contributed by atoms with van der Waals surface area (Å²) in [4.78, 5) is 0. The first-order valence-corrected chi connectivity index (χ1v) is 5.04. The van der Waals surface area contributed by atoms with Crippen LogP contribution in [0, 0.1) is 0 Å². The Labute approximate surface area is 87.2 Å². The van der Waals surface area contributed by atoms with E-state index < -0.39 is 0 Å². The molecule has 0 amide bonds. The van der Waals surface area contributed by atoms with Gasteiger partial charge in [-0.3, -0.25) is 0 Å². The highest BCUT2D eigenvalue weighted by molar-refractivity contribution is 9.10. The second-order valence-electron chi connectivity index (χ2n) is 2.99. The van der Waals surface area contributed by atoms with Crippen LogP contribution in [0.2, 0.25) is 0 Å². The molecular weight excluding hydrogens is 228 g/mol. The highest BCUT2D eigenvalue weighted by Gasteiger charge is 2.00. The lowest BCUT2D eigenvalue weighted by Gasteiger charge is -2.05. The van der Waals surface area contributed by atoms with E-state index in [-0.39, 0.29) is 6.61 Å². The first-order valence-electron chi connectivity index (χ1n) is 4.25. The highest BCUT2D eigenvalue weighted by Crippen LogP contribution is 2.19. The normalized spacial score (nSPS) is 10.0. The molecule has 70 valence electrons. The zero-order chi connectivity index (χ0) is 9.68. The maximum absolute atomic E-state index is 8.71. The molecule has 1 nitrogen and oxygen atoms in total. The van der Waals surface area contributed by atoms with Crippen molar-refractivity contribution in [3.63, 3.8) is 0 Å². The molecule has 0 bridgehead atoms. The standard InChI is InChI=1S/C11H13BrO/c1-9(6-7-13)8-10-4-2-3-5-11(10)12/h2-5,13H,1,6-8H2. The fourth-order valence-electron chi connectivity index (χ4n) is 1.16. The maximum Gasteiger partial charge on any atom is 0.0468 e. The van der Waals surface area contributed by atoms with E-state index in [1.54, 1.807) is 0 Å². The maximum atomic E-state index is 8.71. The zero-order valence-corrected chi connectivity index (χ0v) is 9.05. The predicted molar refractivity (Wildman–Crippen MR) is 58.7 cm³/mol. The molecule has 1 aromatic rings. The van der Waals surface area contributed by atoms with Crippen LogP contribution in [-0.2, 0) is 6.42 Å². The summed E-state index contributed by atoms with van der Waals surface area (Å²) in [5.74, 6) is 0. The van der Waals surface area contributed by atoms with Crippen LogP contribution in [0.25, 0.3) is 0 Å². The predicted octanol–water partition coefficient (Wildman–Crippen LogP) is 2.93. The Morgan fingerprint density at radius 3 is 2.69 bits per heavy atom. The van der Waals surface area contributed by atoms with Crippen LogP contribution in [0.5, 0.6) is 0 Å². The molecule has 1 rings (SSSR count). The van der Waals surface area contributed by atoms with Crippen molar-refractivity contribution in [2.75, 3.05) is 6.61 Å². The van der Waals surface area contributed by atoms with E-state index in [0.717, 1.165) is 16.5 Å². The van der Waals surface area contributed by atoms with Gasteiger partial charge in [0.25, 0.3) is 0 Å². The molecule has 0 radical (unpaired) electrons. The van der Waals surface area contributed by atoms with Gasteiger partial charge in [-0.2, -0.15) is 0 Å². The molecule has 0 saturated carbocycles. The van der Waals surface area contributed by atoms with E-state index in [2.05, 4.69) is 28.6 Å². The first-order chi connectivity index (χ1) is 6.24. The van der Waals surface area contributed by atoms with E-state index >= 15 is 0 Å². The molecule has 0 spiro atoms. The topological polar surface area (TPSA) is 20.2 Å². The van der Waals surface area contributed by atoms with Gasteiger partial charge >= 0.3 is 0 Å². The molecule has 0 saturated heterocycles. The fraction of sp³-hybridized carbons (Fsp3) is 0.273. The minimum absolute atomic E-state index is 0.184. The van der Waals surface area contributed by atoms with E-state index in [4.69, 9.17) is 5.11 Å². The lowest BCUT2D eigenvalue weighted by molar-refractivity contribution is 0.298. The molecule has 0 aromatic heterocycles. The van der Waals surface area contributed by atoms with E-state index in [9.17, 15) is 0 Å². The Kier molecular flexibility index (Phi) is 4.19. The number of halogens is 1. The Bertz CT molecular complexity index is 294. The monoisotopic (exact) mass is 240 g/mol. The lowest BCUT2D eigenvalue weighted by Crippen LogP contribution is -1.93. The Morgan fingerprint density at radius 2 is 2.08 bits per heavy atom. The Hall–Kier alpha value is -0.600. The van der Waals surface area contributed by atoms with Crippen molar-refractivity contribution >= 4 is 15.9 Å². The van der Waals surface area contributed by atoms with Crippen molar-refractivity contribution in [3.05, 3.63) is 46.5 Å².